The van der Waals surface area contributed by atoms with Crippen molar-refractivity contribution in [3.05, 3.63) is 36.0 Å². The fourth-order valence-corrected chi connectivity index (χ4v) is 3.73. The summed E-state index contributed by atoms with van der Waals surface area (Å²) in [5.74, 6) is -0.0496. The number of nitrogens with zero attached hydrogens (tertiary/aromatic N) is 3. The Labute approximate surface area is 156 Å². The maximum Gasteiger partial charge on any atom is 0.250 e. The molecule has 1 atom stereocenters. The van der Waals surface area contributed by atoms with Crippen molar-refractivity contribution in [3.63, 3.8) is 0 Å². The third-order valence-corrected chi connectivity index (χ3v) is 5.16. The quantitative estimate of drug-likeness (QED) is 0.635. The van der Waals surface area contributed by atoms with E-state index in [0.29, 0.717) is 22.3 Å². The lowest BCUT2D eigenvalue weighted by Gasteiger charge is -2.43. The molecule has 0 saturated carbocycles. The fraction of sp³-hybridized carbons (Fsp3) is 0.333. The van der Waals surface area contributed by atoms with Crippen molar-refractivity contribution in [1.82, 2.24) is 9.97 Å². The van der Waals surface area contributed by atoms with Gasteiger partial charge in [-0.05, 0) is 39.8 Å². The van der Waals surface area contributed by atoms with Crippen LogP contribution in [0.2, 0.25) is 0 Å². The molecule has 1 aliphatic heterocycles. The van der Waals surface area contributed by atoms with Gasteiger partial charge in [0.1, 0.15) is 11.4 Å². The van der Waals surface area contributed by atoms with Crippen LogP contribution in [0.4, 0.5) is 17.2 Å². The molecule has 136 valence electrons. The van der Waals surface area contributed by atoms with Crippen molar-refractivity contribution >= 4 is 40.8 Å². The number of benzene rings is 1. The van der Waals surface area contributed by atoms with Crippen LogP contribution in [0.3, 0.4) is 0 Å². The second-order valence-electron chi connectivity index (χ2n) is 6.68. The van der Waals surface area contributed by atoms with Gasteiger partial charge in [0.25, 0.3) is 0 Å². The molecule has 8 heteroatoms. The van der Waals surface area contributed by atoms with Gasteiger partial charge in [0.2, 0.25) is 11.8 Å². The molecular formula is C18H21N5O2S. The lowest BCUT2D eigenvalue weighted by Crippen LogP contribution is -2.60. The predicted octanol–water partition coefficient (Wildman–Crippen LogP) is 2.61. The van der Waals surface area contributed by atoms with E-state index in [9.17, 15) is 9.59 Å². The Balaban J connectivity index is 1.93. The smallest absolute Gasteiger partial charge is 0.250 e. The van der Waals surface area contributed by atoms with Crippen molar-refractivity contribution in [2.75, 3.05) is 16.0 Å². The van der Waals surface area contributed by atoms with Crippen LogP contribution in [-0.2, 0) is 9.59 Å². The molecule has 0 bridgehead atoms. The molecule has 2 amide bonds. The number of para-hydroxylation sites is 2. The SMILES string of the molecule is Cc1cc(N)nc(S[C@@H](C)C(=O)N2c3ccccc3NC(=O)C2(C)C)n1. The number of thioether (sulfide) groups is 1. The Morgan fingerprint density at radius 2 is 2.00 bits per heavy atom. The molecule has 0 aliphatic carbocycles. The minimum atomic E-state index is -1.01. The summed E-state index contributed by atoms with van der Waals surface area (Å²) in [6.45, 7) is 7.06. The van der Waals surface area contributed by atoms with E-state index in [2.05, 4.69) is 15.3 Å². The summed E-state index contributed by atoms with van der Waals surface area (Å²) in [4.78, 5) is 35.8. The Morgan fingerprint density at radius 3 is 2.69 bits per heavy atom. The summed E-state index contributed by atoms with van der Waals surface area (Å²) in [5.41, 5.74) is 6.80. The maximum atomic E-state index is 13.2. The van der Waals surface area contributed by atoms with Gasteiger partial charge in [-0.15, -0.1) is 0 Å². The van der Waals surface area contributed by atoms with E-state index in [0.717, 1.165) is 5.69 Å². The van der Waals surface area contributed by atoms with Gasteiger partial charge in [-0.3, -0.25) is 14.5 Å². The number of hydrogen-bond donors (Lipinski definition) is 2. The number of fused-ring (bicyclic) bond motifs is 1. The molecule has 3 rings (SSSR count). The molecule has 26 heavy (non-hydrogen) atoms. The monoisotopic (exact) mass is 371 g/mol. The summed E-state index contributed by atoms with van der Waals surface area (Å²) in [5, 5.41) is 2.81. The number of amides is 2. The minimum Gasteiger partial charge on any atom is -0.384 e. The average Bonchev–Trinajstić information content (AvgIpc) is 2.54. The number of nitrogens with one attached hydrogen (secondary N) is 1. The zero-order valence-corrected chi connectivity index (χ0v) is 15.9. The molecular weight excluding hydrogens is 350 g/mol. The predicted molar refractivity (Wildman–Crippen MR) is 103 cm³/mol. The zero-order valence-electron chi connectivity index (χ0n) is 15.1. The molecule has 0 radical (unpaired) electrons. The lowest BCUT2D eigenvalue weighted by molar-refractivity contribution is -0.126. The van der Waals surface area contributed by atoms with Gasteiger partial charge in [-0.25, -0.2) is 9.97 Å². The molecule has 2 aromatic rings. The minimum absolute atomic E-state index is 0.189. The van der Waals surface area contributed by atoms with Gasteiger partial charge in [0.05, 0.1) is 16.6 Å². The van der Waals surface area contributed by atoms with E-state index in [4.69, 9.17) is 5.73 Å². The summed E-state index contributed by atoms with van der Waals surface area (Å²) in [6, 6.07) is 8.94. The number of aryl methyl sites for hydroxylation is 1. The van der Waals surface area contributed by atoms with Gasteiger partial charge in [0, 0.05) is 11.8 Å². The highest BCUT2D eigenvalue weighted by atomic mass is 32.2. The Hall–Kier alpha value is -2.61. The topological polar surface area (TPSA) is 101 Å². The molecule has 0 saturated heterocycles. The molecule has 0 fully saturated rings. The highest BCUT2D eigenvalue weighted by Crippen LogP contribution is 2.38. The molecule has 7 nitrogen and oxygen atoms in total. The van der Waals surface area contributed by atoms with E-state index in [-0.39, 0.29) is 11.8 Å². The van der Waals surface area contributed by atoms with E-state index in [1.165, 1.54) is 11.8 Å². The summed E-state index contributed by atoms with van der Waals surface area (Å²) < 4.78 is 0. The number of nitrogens with two attached hydrogens (primary N) is 1. The number of anilines is 3. The van der Waals surface area contributed by atoms with Crippen LogP contribution in [0.1, 0.15) is 26.5 Å². The van der Waals surface area contributed by atoms with Gasteiger partial charge >= 0.3 is 0 Å². The van der Waals surface area contributed by atoms with Crippen LogP contribution in [-0.4, -0.2) is 32.6 Å². The van der Waals surface area contributed by atoms with Gasteiger partial charge in [0.15, 0.2) is 5.16 Å². The number of carbonyl (C=O) groups excluding carboxylic acids is 2. The van der Waals surface area contributed by atoms with Crippen LogP contribution in [0, 0.1) is 6.92 Å². The first-order valence-corrected chi connectivity index (χ1v) is 9.10. The van der Waals surface area contributed by atoms with Crippen LogP contribution in [0.5, 0.6) is 0 Å². The van der Waals surface area contributed by atoms with E-state index in [1.54, 1.807) is 37.8 Å². The van der Waals surface area contributed by atoms with Crippen molar-refractivity contribution < 1.29 is 9.59 Å². The van der Waals surface area contributed by atoms with Crippen molar-refractivity contribution in [1.29, 1.82) is 0 Å². The number of carbonyl (C=O) groups is 2. The van der Waals surface area contributed by atoms with E-state index >= 15 is 0 Å². The molecule has 2 heterocycles. The number of nitrogen functional groups attached to an aromatic ring is 1. The summed E-state index contributed by atoms with van der Waals surface area (Å²) in [6.07, 6.45) is 0. The number of rotatable bonds is 3. The van der Waals surface area contributed by atoms with Crippen molar-refractivity contribution in [2.24, 2.45) is 0 Å². The molecule has 0 unspecified atom stereocenters. The molecule has 0 spiro atoms. The first kappa shape index (κ1) is 18.2. The largest absolute Gasteiger partial charge is 0.384 e. The van der Waals surface area contributed by atoms with Gasteiger partial charge in [-0.1, -0.05) is 23.9 Å². The highest BCUT2D eigenvalue weighted by molar-refractivity contribution is 8.00. The molecule has 1 aromatic heterocycles. The standard InChI is InChI=1S/C18H21N5O2S/c1-10-9-14(19)22-17(20-10)26-11(2)15(24)23-13-8-6-5-7-12(13)21-16(25)18(23,3)4/h5-9,11H,1-4H3,(H,21,25)(H2,19,20,22)/t11-/m0/s1. The van der Waals surface area contributed by atoms with Gasteiger partial charge in [-0.2, -0.15) is 0 Å². The maximum absolute atomic E-state index is 13.2. The Morgan fingerprint density at radius 1 is 1.31 bits per heavy atom. The summed E-state index contributed by atoms with van der Waals surface area (Å²) >= 11 is 1.23. The first-order valence-electron chi connectivity index (χ1n) is 8.22. The fourth-order valence-electron chi connectivity index (χ4n) is 2.85. The normalized spacial score (nSPS) is 16.6. The van der Waals surface area contributed by atoms with E-state index < -0.39 is 10.8 Å². The first-order chi connectivity index (χ1) is 12.2. The third kappa shape index (κ3) is 3.24. The second kappa shape index (κ2) is 6.60. The lowest BCUT2D eigenvalue weighted by atomic mass is 9.96. The number of aromatic nitrogens is 2. The highest BCUT2D eigenvalue weighted by Gasteiger charge is 2.44. The average molecular weight is 371 g/mol. The van der Waals surface area contributed by atoms with Crippen molar-refractivity contribution in [2.45, 2.75) is 43.6 Å². The Kier molecular flexibility index (Phi) is 4.62. The summed E-state index contributed by atoms with van der Waals surface area (Å²) in [7, 11) is 0. The third-order valence-electron chi connectivity index (χ3n) is 4.21. The van der Waals surface area contributed by atoms with Crippen LogP contribution in [0.25, 0.3) is 0 Å². The van der Waals surface area contributed by atoms with Crippen LogP contribution >= 0.6 is 11.8 Å². The van der Waals surface area contributed by atoms with Crippen LogP contribution in [0.15, 0.2) is 35.5 Å². The number of hydrogen-bond acceptors (Lipinski definition) is 6. The Bertz CT molecular complexity index is 863. The molecule has 3 N–H and O–H groups in total. The zero-order chi connectivity index (χ0) is 19.1. The van der Waals surface area contributed by atoms with Gasteiger partial charge < -0.3 is 11.1 Å². The van der Waals surface area contributed by atoms with E-state index in [1.807, 2.05) is 25.1 Å². The van der Waals surface area contributed by atoms with Crippen molar-refractivity contribution in [3.8, 4) is 0 Å². The molecule has 1 aliphatic rings. The van der Waals surface area contributed by atoms with Crippen LogP contribution < -0.4 is 16.0 Å². The second-order valence-corrected chi connectivity index (χ2v) is 7.99. The molecule has 1 aromatic carbocycles.